The predicted octanol–water partition coefficient (Wildman–Crippen LogP) is 1.56. The lowest BCUT2D eigenvalue weighted by molar-refractivity contribution is -0.384. The summed E-state index contributed by atoms with van der Waals surface area (Å²) in [7, 11) is 0. The molecule has 0 atom stereocenters. The minimum absolute atomic E-state index is 0.105. The highest BCUT2D eigenvalue weighted by molar-refractivity contribution is 6.11. The fourth-order valence-corrected chi connectivity index (χ4v) is 2.06. The number of fused-ring (bicyclic) bond motifs is 3. The van der Waals surface area contributed by atoms with Crippen LogP contribution in [0.4, 0.5) is 10.5 Å². The second-order valence-electron chi connectivity index (χ2n) is 4.02. The molecule has 0 N–H and O–H groups in total. The number of non-ortho nitro benzene ring substituents is 1. The van der Waals surface area contributed by atoms with Gasteiger partial charge in [-0.2, -0.15) is 0 Å². The van der Waals surface area contributed by atoms with Gasteiger partial charge in [-0.1, -0.05) is 0 Å². The van der Waals surface area contributed by atoms with Crippen LogP contribution >= 0.6 is 0 Å². The smallest absolute Gasteiger partial charge is 0.409 e. The quantitative estimate of drug-likeness (QED) is 0.556. The van der Waals surface area contributed by atoms with Crippen molar-refractivity contribution in [1.29, 1.82) is 0 Å². The maximum absolute atomic E-state index is 11.7. The van der Waals surface area contributed by atoms with E-state index in [0.29, 0.717) is 24.5 Å². The van der Waals surface area contributed by atoms with Crippen molar-refractivity contribution in [2.45, 2.75) is 6.42 Å². The molecule has 0 aliphatic carbocycles. The fraction of sp³-hybridized carbons (Fsp3) is 0.273. The number of nitrogens with zero attached hydrogens (tertiary/aromatic N) is 3. The third-order valence-electron chi connectivity index (χ3n) is 2.89. The van der Waals surface area contributed by atoms with Crippen LogP contribution in [-0.4, -0.2) is 34.8 Å². The zero-order valence-corrected chi connectivity index (χ0v) is 9.33. The van der Waals surface area contributed by atoms with Crippen LogP contribution in [-0.2, 0) is 0 Å². The monoisotopic (exact) mass is 247 g/mol. The first-order valence-corrected chi connectivity index (χ1v) is 5.49. The van der Waals surface area contributed by atoms with Crippen molar-refractivity contribution in [3.63, 3.8) is 0 Å². The van der Waals surface area contributed by atoms with Gasteiger partial charge in [0.25, 0.3) is 5.69 Å². The number of hydrogen-bond acceptors (Lipinski definition) is 5. The Morgan fingerprint density at radius 1 is 1.44 bits per heavy atom. The number of nitro benzene ring substituents is 1. The van der Waals surface area contributed by atoms with Gasteiger partial charge in [-0.25, -0.2) is 4.79 Å². The van der Waals surface area contributed by atoms with E-state index in [1.54, 1.807) is 6.07 Å². The van der Waals surface area contributed by atoms with Crippen LogP contribution in [0, 0.1) is 10.1 Å². The van der Waals surface area contributed by atoms with Crippen LogP contribution in [0.3, 0.4) is 0 Å². The van der Waals surface area contributed by atoms with Gasteiger partial charge < -0.3 is 4.74 Å². The van der Waals surface area contributed by atoms with E-state index in [-0.39, 0.29) is 11.4 Å². The Kier molecular flexibility index (Phi) is 2.26. The Balaban J connectivity index is 2.12. The summed E-state index contributed by atoms with van der Waals surface area (Å²) in [5.41, 5.74) is 0.520. The molecule has 0 aromatic heterocycles. The summed E-state index contributed by atoms with van der Waals surface area (Å²) in [5, 5.41) is 10.7. The predicted molar refractivity (Wildman–Crippen MR) is 61.8 cm³/mol. The van der Waals surface area contributed by atoms with E-state index >= 15 is 0 Å². The molecule has 2 aliphatic rings. The van der Waals surface area contributed by atoms with Crippen LogP contribution in [0.5, 0.6) is 5.75 Å². The Labute approximate surface area is 102 Å². The van der Waals surface area contributed by atoms with Crippen LogP contribution in [0.2, 0.25) is 0 Å². The molecule has 0 fully saturated rings. The number of carbonyl (C=O) groups excluding carboxylic acids is 1. The second kappa shape index (κ2) is 3.80. The van der Waals surface area contributed by atoms with Gasteiger partial charge in [-0.3, -0.25) is 20.0 Å². The minimum atomic E-state index is -0.526. The van der Waals surface area contributed by atoms with Crippen molar-refractivity contribution in [3.8, 4) is 5.75 Å². The number of hydrogen-bond donors (Lipinski definition) is 0. The zero-order chi connectivity index (χ0) is 12.7. The molecule has 0 saturated heterocycles. The first-order chi connectivity index (χ1) is 8.66. The summed E-state index contributed by atoms with van der Waals surface area (Å²) in [6.07, 6.45) is 0.266. The second-order valence-corrected chi connectivity index (χ2v) is 4.02. The van der Waals surface area contributed by atoms with Gasteiger partial charge in [0.2, 0.25) is 0 Å². The summed E-state index contributed by atoms with van der Waals surface area (Å²) in [4.78, 5) is 27.6. The number of aliphatic imine (C=N–C) groups is 1. The molecule has 2 heterocycles. The highest BCUT2D eigenvalue weighted by Gasteiger charge is 2.33. The molecule has 0 radical (unpaired) electrons. The fourth-order valence-electron chi connectivity index (χ4n) is 2.06. The minimum Gasteiger partial charge on any atom is -0.409 e. The van der Waals surface area contributed by atoms with Gasteiger partial charge in [0.1, 0.15) is 5.84 Å². The lowest BCUT2D eigenvalue weighted by atomic mass is 10.1. The Morgan fingerprint density at radius 3 is 3.06 bits per heavy atom. The number of nitro groups is 1. The average molecular weight is 247 g/mol. The standard InChI is InChI=1S/C11H9N3O4/c15-11-13-5-1-4-12-10(13)8-3-2-7(14(16)17)6-9(8)18-11/h2-3,6H,1,4-5H2. The van der Waals surface area contributed by atoms with Gasteiger partial charge >= 0.3 is 6.09 Å². The molecule has 7 heteroatoms. The third kappa shape index (κ3) is 1.52. The van der Waals surface area contributed by atoms with E-state index in [1.165, 1.54) is 17.0 Å². The van der Waals surface area contributed by atoms with Crippen LogP contribution < -0.4 is 4.74 Å². The van der Waals surface area contributed by atoms with Crippen molar-refractivity contribution in [1.82, 2.24) is 4.90 Å². The maximum Gasteiger partial charge on any atom is 0.420 e. The zero-order valence-electron chi connectivity index (χ0n) is 9.33. The lowest BCUT2D eigenvalue weighted by Crippen LogP contribution is -2.46. The van der Waals surface area contributed by atoms with Crippen molar-refractivity contribution in [3.05, 3.63) is 33.9 Å². The first kappa shape index (κ1) is 10.7. The largest absolute Gasteiger partial charge is 0.420 e. The van der Waals surface area contributed by atoms with Crippen molar-refractivity contribution < 1.29 is 14.5 Å². The highest BCUT2D eigenvalue weighted by atomic mass is 16.6. The van der Waals surface area contributed by atoms with E-state index in [9.17, 15) is 14.9 Å². The molecule has 0 saturated carbocycles. The SMILES string of the molecule is O=C1Oc2cc([N+](=O)[O-])ccc2C2=NCCCN12. The van der Waals surface area contributed by atoms with Crippen LogP contribution in [0.15, 0.2) is 23.2 Å². The van der Waals surface area contributed by atoms with Gasteiger partial charge in [-0.05, 0) is 12.5 Å². The molecular formula is C11H9N3O4. The van der Waals surface area contributed by atoms with E-state index in [1.807, 2.05) is 0 Å². The molecule has 1 amide bonds. The summed E-state index contributed by atoms with van der Waals surface area (Å²) < 4.78 is 5.09. The third-order valence-corrected chi connectivity index (χ3v) is 2.89. The van der Waals surface area contributed by atoms with Crippen molar-refractivity contribution in [2.75, 3.05) is 13.1 Å². The van der Waals surface area contributed by atoms with E-state index < -0.39 is 11.0 Å². The molecule has 92 valence electrons. The molecule has 2 aliphatic heterocycles. The average Bonchev–Trinajstić information content (AvgIpc) is 2.38. The molecule has 3 rings (SSSR count). The molecule has 1 aromatic carbocycles. The molecule has 0 unspecified atom stereocenters. The molecular weight excluding hydrogens is 238 g/mol. The van der Waals surface area contributed by atoms with Gasteiger partial charge in [0, 0.05) is 19.2 Å². The number of amidine groups is 1. The number of ether oxygens (including phenoxy) is 1. The van der Waals surface area contributed by atoms with E-state index in [4.69, 9.17) is 4.74 Å². The van der Waals surface area contributed by atoms with Crippen LogP contribution in [0.1, 0.15) is 12.0 Å². The molecule has 1 aromatic rings. The molecule has 7 nitrogen and oxygen atoms in total. The molecule has 0 spiro atoms. The summed E-state index contributed by atoms with van der Waals surface area (Å²) in [6.45, 7) is 1.21. The molecule has 0 bridgehead atoms. The number of benzene rings is 1. The Bertz CT molecular complexity index is 582. The lowest BCUT2D eigenvalue weighted by Gasteiger charge is -2.31. The topological polar surface area (TPSA) is 85.0 Å². The Hall–Kier alpha value is -2.44. The van der Waals surface area contributed by atoms with Gasteiger partial charge in [0.15, 0.2) is 5.75 Å². The van der Waals surface area contributed by atoms with E-state index in [2.05, 4.69) is 4.99 Å². The summed E-state index contributed by atoms with van der Waals surface area (Å²) in [6, 6.07) is 4.20. The van der Waals surface area contributed by atoms with Crippen molar-refractivity contribution >= 4 is 17.6 Å². The van der Waals surface area contributed by atoms with Gasteiger partial charge in [0.05, 0.1) is 16.6 Å². The highest BCUT2D eigenvalue weighted by Crippen LogP contribution is 2.31. The number of carbonyl (C=O) groups is 1. The normalized spacial score (nSPS) is 17.4. The molecule has 18 heavy (non-hydrogen) atoms. The van der Waals surface area contributed by atoms with Crippen LogP contribution in [0.25, 0.3) is 0 Å². The van der Waals surface area contributed by atoms with Gasteiger partial charge in [-0.15, -0.1) is 0 Å². The Morgan fingerprint density at radius 2 is 2.28 bits per heavy atom. The summed E-state index contributed by atoms with van der Waals surface area (Å²) in [5.74, 6) is 0.744. The number of amides is 1. The summed E-state index contributed by atoms with van der Waals surface area (Å²) >= 11 is 0. The number of rotatable bonds is 1. The first-order valence-electron chi connectivity index (χ1n) is 5.49. The van der Waals surface area contributed by atoms with Crippen molar-refractivity contribution in [2.24, 2.45) is 4.99 Å². The van der Waals surface area contributed by atoms with E-state index in [0.717, 1.165) is 6.42 Å². The maximum atomic E-state index is 11.7.